The Morgan fingerprint density at radius 1 is 1.29 bits per heavy atom. The summed E-state index contributed by atoms with van der Waals surface area (Å²) >= 11 is 2.74. The van der Waals surface area contributed by atoms with Gasteiger partial charge in [0.05, 0.1) is 4.47 Å². The van der Waals surface area contributed by atoms with Crippen LogP contribution in [0.3, 0.4) is 0 Å². The quantitative estimate of drug-likeness (QED) is 0.721. The van der Waals surface area contributed by atoms with E-state index in [9.17, 15) is 31.9 Å². The monoisotopic (exact) mass is 416 g/mol. The van der Waals surface area contributed by atoms with E-state index in [1.807, 2.05) is 0 Å². The lowest BCUT2D eigenvalue weighted by atomic mass is 10.1. The fraction of sp³-hybridized carbons (Fsp3) is 0.571. The largest absolute Gasteiger partial charge is 0.478 e. The smallest absolute Gasteiger partial charge is 0.434 e. The molecular weight excluding hydrogens is 403 g/mol. The van der Waals surface area contributed by atoms with E-state index in [2.05, 4.69) is 20.9 Å². The predicted molar refractivity (Wildman–Crippen MR) is 79.6 cm³/mol. The van der Waals surface area contributed by atoms with Gasteiger partial charge in [-0.05, 0) is 34.8 Å². The summed E-state index contributed by atoms with van der Waals surface area (Å²) in [7, 11) is 0. The van der Waals surface area contributed by atoms with Crippen LogP contribution in [0.4, 0.5) is 27.8 Å². The fourth-order valence-electron chi connectivity index (χ4n) is 2.61. The van der Waals surface area contributed by atoms with Crippen molar-refractivity contribution in [2.75, 3.05) is 18.0 Å². The van der Waals surface area contributed by atoms with Crippen molar-refractivity contribution < 1.29 is 31.9 Å². The highest BCUT2D eigenvalue weighted by molar-refractivity contribution is 9.10. The Labute approximate surface area is 142 Å². The summed E-state index contributed by atoms with van der Waals surface area (Å²) in [6.45, 7) is 0.972. The van der Waals surface area contributed by atoms with Crippen LogP contribution >= 0.6 is 15.9 Å². The zero-order valence-electron chi connectivity index (χ0n) is 12.6. The number of aromatic nitrogens is 1. The van der Waals surface area contributed by atoms with Crippen LogP contribution in [0.25, 0.3) is 0 Å². The molecule has 2 heterocycles. The molecule has 1 aliphatic rings. The van der Waals surface area contributed by atoms with Gasteiger partial charge >= 0.3 is 12.1 Å². The molecule has 0 aliphatic carbocycles. The molecule has 0 unspecified atom stereocenters. The van der Waals surface area contributed by atoms with E-state index >= 15 is 0 Å². The minimum Gasteiger partial charge on any atom is -0.478 e. The third-order valence-corrected chi connectivity index (χ3v) is 4.82. The maximum atomic E-state index is 13.5. The second kappa shape index (κ2) is 6.45. The van der Waals surface area contributed by atoms with Gasteiger partial charge in [0.15, 0.2) is 5.69 Å². The zero-order chi connectivity index (χ0) is 18.3. The lowest BCUT2D eigenvalue weighted by Crippen LogP contribution is -2.30. The van der Waals surface area contributed by atoms with Crippen molar-refractivity contribution >= 4 is 27.7 Å². The fourth-order valence-corrected chi connectivity index (χ4v) is 3.13. The summed E-state index contributed by atoms with van der Waals surface area (Å²) in [6, 6.07) is 0. The number of hydrogen-bond donors (Lipinski definition) is 1. The average molecular weight is 417 g/mol. The van der Waals surface area contributed by atoms with E-state index in [-0.39, 0.29) is 25.1 Å². The molecule has 2 rings (SSSR count). The Kier molecular flexibility index (Phi) is 5.08. The number of nitrogens with zero attached hydrogens (tertiary/aromatic N) is 2. The summed E-state index contributed by atoms with van der Waals surface area (Å²) in [6.07, 6.45) is -5.73. The molecule has 1 aromatic heterocycles. The Morgan fingerprint density at radius 2 is 1.92 bits per heavy atom. The number of aromatic carboxylic acids is 1. The van der Waals surface area contributed by atoms with Crippen molar-refractivity contribution in [2.24, 2.45) is 0 Å². The van der Waals surface area contributed by atoms with E-state index < -0.39 is 52.5 Å². The second-order valence-corrected chi connectivity index (χ2v) is 6.39. The summed E-state index contributed by atoms with van der Waals surface area (Å²) in [5.41, 5.74) is -1.83. The van der Waals surface area contributed by atoms with E-state index in [0.717, 1.165) is 0 Å². The second-order valence-electron chi connectivity index (χ2n) is 5.60. The molecular formula is C14H14BrF5N2O2. The Balaban J connectivity index is 2.59. The molecule has 0 aromatic carbocycles. The first-order chi connectivity index (χ1) is 10.9. The van der Waals surface area contributed by atoms with Gasteiger partial charge in [-0.15, -0.1) is 0 Å². The number of carboxylic acid groups (broad SMARTS) is 1. The molecule has 1 aliphatic heterocycles. The van der Waals surface area contributed by atoms with Gasteiger partial charge in [0.25, 0.3) is 0 Å². The highest BCUT2D eigenvalue weighted by Gasteiger charge is 2.39. The topological polar surface area (TPSA) is 53.4 Å². The molecule has 0 bridgehead atoms. The Hall–Kier alpha value is -1.45. The lowest BCUT2D eigenvalue weighted by Gasteiger charge is -2.26. The number of pyridine rings is 1. The van der Waals surface area contributed by atoms with Gasteiger partial charge in [-0.3, -0.25) is 0 Å². The summed E-state index contributed by atoms with van der Waals surface area (Å²) in [5, 5.41) is 9.35. The van der Waals surface area contributed by atoms with Crippen LogP contribution in [-0.4, -0.2) is 35.1 Å². The molecule has 0 saturated carbocycles. The normalized spacial score (nSPS) is 18.4. The van der Waals surface area contributed by atoms with Crippen LogP contribution in [0.1, 0.15) is 40.9 Å². The van der Waals surface area contributed by atoms with Gasteiger partial charge in [0, 0.05) is 25.9 Å². The standard InChI is InChI=1S/C14H14BrF5N2O2/c1-7-8(12(23)24)11(21-10(9(7)15)14(18,19)20)22-5-2-3-13(16,17)4-6-22/h2-6H2,1H3,(H,23,24). The molecule has 1 N–H and O–H groups in total. The van der Waals surface area contributed by atoms with Crippen molar-refractivity contribution in [3.8, 4) is 0 Å². The van der Waals surface area contributed by atoms with E-state index in [1.54, 1.807) is 0 Å². The number of rotatable bonds is 2. The minimum atomic E-state index is -4.80. The minimum absolute atomic E-state index is 0.0151. The third kappa shape index (κ3) is 3.79. The molecule has 10 heteroatoms. The molecule has 4 nitrogen and oxygen atoms in total. The first-order valence-corrected chi connectivity index (χ1v) is 7.87. The van der Waals surface area contributed by atoms with Crippen LogP contribution in [0, 0.1) is 6.92 Å². The maximum absolute atomic E-state index is 13.5. The van der Waals surface area contributed by atoms with Crippen molar-refractivity contribution in [1.82, 2.24) is 4.98 Å². The molecule has 0 atom stereocenters. The summed E-state index contributed by atoms with van der Waals surface area (Å²) in [5.74, 6) is -4.80. The molecule has 134 valence electrons. The van der Waals surface area contributed by atoms with Gasteiger partial charge in [-0.1, -0.05) is 0 Å². The van der Waals surface area contributed by atoms with Gasteiger partial charge < -0.3 is 10.0 Å². The molecule has 0 amide bonds. The van der Waals surface area contributed by atoms with Crippen LogP contribution in [0.2, 0.25) is 0 Å². The molecule has 0 radical (unpaired) electrons. The highest BCUT2D eigenvalue weighted by Crippen LogP contribution is 2.40. The van der Waals surface area contributed by atoms with Crippen LogP contribution < -0.4 is 4.90 Å². The van der Waals surface area contributed by atoms with E-state index in [4.69, 9.17) is 0 Å². The van der Waals surface area contributed by atoms with E-state index in [0.29, 0.717) is 0 Å². The number of carboxylic acids is 1. The van der Waals surface area contributed by atoms with E-state index in [1.165, 1.54) is 11.8 Å². The number of hydrogen-bond acceptors (Lipinski definition) is 3. The van der Waals surface area contributed by atoms with Crippen LogP contribution in [0.15, 0.2) is 4.47 Å². The number of anilines is 1. The average Bonchev–Trinajstić information content (AvgIpc) is 2.60. The number of alkyl halides is 5. The number of carbonyl (C=O) groups is 1. The van der Waals surface area contributed by atoms with Gasteiger partial charge in [-0.25, -0.2) is 18.6 Å². The molecule has 1 aromatic rings. The first-order valence-electron chi connectivity index (χ1n) is 7.07. The first kappa shape index (κ1) is 18.9. The van der Waals surface area contributed by atoms with Crippen molar-refractivity contribution in [2.45, 2.75) is 38.3 Å². The van der Waals surface area contributed by atoms with Crippen molar-refractivity contribution in [3.05, 3.63) is 21.3 Å². The van der Waals surface area contributed by atoms with Crippen LogP contribution in [0.5, 0.6) is 0 Å². The summed E-state index contributed by atoms with van der Waals surface area (Å²) < 4.78 is 65.9. The van der Waals surface area contributed by atoms with Gasteiger partial charge in [-0.2, -0.15) is 13.2 Å². The molecule has 0 spiro atoms. The number of halogens is 6. The SMILES string of the molecule is Cc1c(Br)c(C(F)(F)F)nc(N2CCCC(F)(F)CC2)c1C(=O)O. The Bertz CT molecular complexity index is 664. The molecule has 1 fully saturated rings. The van der Waals surface area contributed by atoms with Crippen LogP contribution in [-0.2, 0) is 6.18 Å². The molecule has 24 heavy (non-hydrogen) atoms. The summed E-state index contributed by atoms with van der Waals surface area (Å²) in [4.78, 5) is 16.2. The maximum Gasteiger partial charge on any atom is 0.434 e. The van der Waals surface area contributed by atoms with Gasteiger partial charge in [0.1, 0.15) is 11.4 Å². The lowest BCUT2D eigenvalue weighted by molar-refractivity contribution is -0.141. The third-order valence-electron chi connectivity index (χ3n) is 3.85. The van der Waals surface area contributed by atoms with Crippen molar-refractivity contribution in [3.63, 3.8) is 0 Å². The van der Waals surface area contributed by atoms with Crippen molar-refractivity contribution in [1.29, 1.82) is 0 Å². The Morgan fingerprint density at radius 3 is 2.46 bits per heavy atom. The predicted octanol–water partition coefficient (Wildman–Crippen LogP) is 4.50. The van der Waals surface area contributed by atoms with Gasteiger partial charge in [0.2, 0.25) is 5.92 Å². The highest BCUT2D eigenvalue weighted by atomic mass is 79.9. The zero-order valence-corrected chi connectivity index (χ0v) is 14.1. The molecule has 1 saturated heterocycles.